The lowest BCUT2D eigenvalue weighted by atomic mass is 10.1. The molecule has 0 bridgehead atoms. The van der Waals surface area contributed by atoms with Crippen molar-refractivity contribution < 1.29 is 0 Å². The summed E-state index contributed by atoms with van der Waals surface area (Å²) in [7, 11) is 0. The zero-order valence-corrected chi connectivity index (χ0v) is 11.6. The van der Waals surface area contributed by atoms with Crippen LogP contribution in [0.25, 0.3) is 0 Å². The van der Waals surface area contributed by atoms with Gasteiger partial charge in [0.15, 0.2) is 0 Å². The van der Waals surface area contributed by atoms with Gasteiger partial charge in [0.1, 0.15) is 12.7 Å². The van der Waals surface area contributed by atoms with E-state index in [-0.39, 0.29) is 0 Å². The first kappa shape index (κ1) is 12.7. The van der Waals surface area contributed by atoms with Crippen molar-refractivity contribution in [3.63, 3.8) is 0 Å². The van der Waals surface area contributed by atoms with Gasteiger partial charge < -0.3 is 5.32 Å². The molecule has 0 spiro atoms. The Bertz CT molecular complexity index is 506. The highest BCUT2D eigenvalue weighted by Crippen LogP contribution is 2.17. The molecule has 2 aromatic rings. The van der Waals surface area contributed by atoms with Gasteiger partial charge in [-0.25, -0.2) is 9.67 Å². The Kier molecular flexibility index (Phi) is 4.15. The van der Waals surface area contributed by atoms with E-state index in [9.17, 15) is 0 Å². The first-order chi connectivity index (χ1) is 9.40. The minimum Gasteiger partial charge on any atom is -0.309 e. The highest BCUT2D eigenvalue weighted by molar-refractivity contribution is 7.99. The van der Waals surface area contributed by atoms with E-state index in [1.807, 2.05) is 16.4 Å². The largest absolute Gasteiger partial charge is 0.309 e. The molecule has 4 nitrogen and oxygen atoms in total. The van der Waals surface area contributed by atoms with Crippen LogP contribution in [0.2, 0.25) is 0 Å². The normalized spacial score (nSPS) is 18.8. The van der Waals surface area contributed by atoms with Gasteiger partial charge >= 0.3 is 0 Å². The van der Waals surface area contributed by atoms with Gasteiger partial charge in [0, 0.05) is 18.3 Å². The van der Waals surface area contributed by atoms with Crippen LogP contribution in [0.5, 0.6) is 0 Å². The molecule has 1 saturated heterocycles. The predicted octanol–water partition coefficient (Wildman–Crippen LogP) is 1.92. The van der Waals surface area contributed by atoms with Crippen molar-refractivity contribution >= 4 is 11.8 Å². The van der Waals surface area contributed by atoms with Crippen LogP contribution in [-0.2, 0) is 13.1 Å². The van der Waals surface area contributed by atoms with Gasteiger partial charge in [0.2, 0.25) is 0 Å². The number of aromatic nitrogens is 3. The van der Waals surface area contributed by atoms with Gasteiger partial charge in [0.25, 0.3) is 0 Å². The van der Waals surface area contributed by atoms with E-state index in [0.29, 0.717) is 6.04 Å². The van der Waals surface area contributed by atoms with Crippen molar-refractivity contribution in [2.75, 3.05) is 11.5 Å². The standard InChI is InChI=1S/C14H18N4S/c1-2-12(7-16-14-4-5-19-9-14)6-13(3-1)8-18-11-15-10-17-18/h1-3,6,10-11,14,16H,4-5,7-9H2/t14-/m0/s1. The maximum atomic E-state index is 4.14. The number of nitrogens with one attached hydrogen (secondary N) is 1. The van der Waals surface area contributed by atoms with Crippen LogP contribution in [0.3, 0.4) is 0 Å². The maximum Gasteiger partial charge on any atom is 0.137 e. The smallest absolute Gasteiger partial charge is 0.137 e. The quantitative estimate of drug-likeness (QED) is 0.904. The van der Waals surface area contributed by atoms with Crippen LogP contribution < -0.4 is 5.32 Å². The first-order valence-electron chi connectivity index (χ1n) is 6.61. The third kappa shape index (κ3) is 3.58. The zero-order chi connectivity index (χ0) is 12.9. The Labute approximate surface area is 117 Å². The molecular formula is C14H18N4S. The van der Waals surface area contributed by atoms with Gasteiger partial charge in [-0.05, 0) is 23.3 Å². The summed E-state index contributed by atoms with van der Waals surface area (Å²) in [4.78, 5) is 3.97. The molecule has 1 fully saturated rings. The fourth-order valence-corrected chi connectivity index (χ4v) is 3.48. The number of hydrogen-bond donors (Lipinski definition) is 1. The molecule has 1 aliphatic heterocycles. The van der Waals surface area contributed by atoms with Crippen molar-refractivity contribution in [3.05, 3.63) is 48.0 Å². The van der Waals surface area contributed by atoms with E-state index in [0.717, 1.165) is 13.1 Å². The summed E-state index contributed by atoms with van der Waals surface area (Å²) in [6.45, 7) is 1.74. The molecule has 0 aliphatic carbocycles. The van der Waals surface area contributed by atoms with E-state index >= 15 is 0 Å². The summed E-state index contributed by atoms with van der Waals surface area (Å²) < 4.78 is 1.85. The van der Waals surface area contributed by atoms with Crippen molar-refractivity contribution in [2.24, 2.45) is 0 Å². The van der Waals surface area contributed by atoms with Gasteiger partial charge in [-0.3, -0.25) is 0 Å². The van der Waals surface area contributed by atoms with E-state index < -0.39 is 0 Å². The summed E-state index contributed by atoms with van der Waals surface area (Å²) in [5, 5.41) is 7.77. The summed E-state index contributed by atoms with van der Waals surface area (Å²) in [5.74, 6) is 2.54. The topological polar surface area (TPSA) is 42.7 Å². The van der Waals surface area contributed by atoms with Crippen molar-refractivity contribution in [1.29, 1.82) is 0 Å². The number of hydrogen-bond acceptors (Lipinski definition) is 4. The molecule has 3 rings (SSSR count). The molecular weight excluding hydrogens is 256 g/mol. The van der Waals surface area contributed by atoms with Crippen LogP contribution in [0.4, 0.5) is 0 Å². The first-order valence-corrected chi connectivity index (χ1v) is 7.77. The summed E-state index contributed by atoms with van der Waals surface area (Å²) in [6, 6.07) is 9.36. The Morgan fingerprint density at radius 1 is 1.37 bits per heavy atom. The molecule has 2 heterocycles. The number of thioether (sulfide) groups is 1. The molecule has 0 unspecified atom stereocenters. The molecule has 1 N–H and O–H groups in total. The molecule has 1 aliphatic rings. The Morgan fingerprint density at radius 2 is 2.32 bits per heavy atom. The van der Waals surface area contributed by atoms with Crippen LogP contribution >= 0.6 is 11.8 Å². The third-order valence-electron chi connectivity index (χ3n) is 3.33. The minimum absolute atomic E-state index is 0.684. The van der Waals surface area contributed by atoms with Crippen molar-refractivity contribution in [2.45, 2.75) is 25.6 Å². The van der Waals surface area contributed by atoms with Crippen molar-refractivity contribution in [1.82, 2.24) is 20.1 Å². The van der Waals surface area contributed by atoms with E-state index in [1.54, 1.807) is 12.7 Å². The van der Waals surface area contributed by atoms with Crippen LogP contribution in [0.1, 0.15) is 17.5 Å². The second-order valence-corrected chi connectivity index (χ2v) is 6.00. The molecule has 19 heavy (non-hydrogen) atoms. The summed E-state index contributed by atoms with van der Waals surface area (Å²) in [6.07, 6.45) is 4.62. The molecule has 1 aromatic heterocycles. The molecule has 0 radical (unpaired) electrons. The van der Waals surface area contributed by atoms with Crippen LogP contribution in [0, 0.1) is 0 Å². The Hall–Kier alpha value is -1.33. The maximum absolute atomic E-state index is 4.14. The van der Waals surface area contributed by atoms with Crippen molar-refractivity contribution in [3.8, 4) is 0 Å². The van der Waals surface area contributed by atoms with E-state index in [1.165, 1.54) is 29.1 Å². The average Bonchev–Trinajstić information content (AvgIpc) is 3.10. The Balaban J connectivity index is 1.59. The van der Waals surface area contributed by atoms with E-state index in [4.69, 9.17) is 0 Å². The lowest BCUT2D eigenvalue weighted by Crippen LogP contribution is -2.27. The van der Waals surface area contributed by atoms with Gasteiger partial charge in [0.05, 0.1) is 6.54 Å². The zero-order valence-electron chi connectivity index (χ0n) is 10.8. The van der Waals surface area contributed by atoms with Gasteiger partial charge in [-0.2, -0.15) is 16.9 Å². The molecule has 1 atom stereocenters. The lowest BCUT2D eigenvalue weighted by molar-refractivity contribution is 0.557. The fourth-order valence-electron chi connectivity index (χ4n) is 2.30. The highest BCUT2D eigenvalue weighted by atomic mass is 32.2. The van der Waals surface area contributed by atoms with Gasteiger partial charge in [-0.1, -0.05) is 24.3 Å². The molecule has 100 valence electrons. The lowest BCUT2D eigenvalue weighted by Gasteiger charge is -2.12. The SMILES string of the molecule is c1cc(CN[C@H]2CCSC2)cc(Cn2cncn2)c1. The van der Waals surface area contributed by atoms with Gasteiger partial charge in [-0.15, -0.1) is 0 Å². The minimum atomic E-state index is 0.684. The van der Waals surface area contributed by atoms with E-state index in [2.05, 4.69) is 39.7 Å². The summed E-state index contributed by atoms with van der Waals surface area (Å²) >= 11 is 2.04. The summed E-state index contributed by atoms with van der Waals surface area (Å²) in [5.41, 5.74) is 2.61. The van der Waals surface area contributed by atoms with Crippen LogP contribution in [-0.4, -0.2) is 32.3 Å². The molecule has 5 heteroatoms. The monoisotopic (exact) mass is 274 g/mol. The molecule has 0 amide bonds. The molecule has 0 saturated carbocycles. The molecule has 1 aromatic carbocycles. The fraction of sp³-hybridized carbons (Fsp3) is 0.429. The second kappa shape index (κ2) is 6.21. The number of rotatable bonds is 5. The third-order valence-corrected chi connectivity index (χ3v) is 4.49. The Morgan fingerprint density at radius 3 is 3.11 bits per heavy atom. The highest BCUT2D eigenvalue weighted by Gasteiger charge is 2.14. The second-order valence-electron chi connectivity index (χ2n) is 4.85. The number of nitrogens with zero attached hydrogens (tertiary/aromatic N) is 3. The number of benzene rings is 1. The average molecular weight is 274 g/mol. The predicted molar refractivity (Wildman–Crippen MR) is 78.1 cm³/mol. The van der Waals surface area contributed by atoms with Crippen LogP contribution in [0.15, 0.2) is 36.9 Å².